The Morgan fingerprint density at radius 2 is 1.96 bits per heavy atom. The van der Waals surface area contributed by atoms with Gasteiger partial charge in [0.2, 0.25) is 5.91 Å². The summed E-state index contributed by atoms with van der Waals surface area (Å²) in [6.45, 7) is 2.55. The van der Waals surface area contributed by atoms with E-state index in [9.17, 15) is 14.4 Å². The first-order valence-corrected chi connectivity index (χ1v) is 8.44. The number of amides is 3. The Labute approximate surface area is 151 Å². The number of nitrogens with one attached hydrogen (secondary N) is 1. The van der Waals surface area contributed by atoms with Crippen LogP contribution in [0.4, 0.5) is 5.69 Å². The predicted octanol–water partition coefficient (Wildman–Crippen LogP) is 2.50. The van der Waals surface area contributed by atoms with Gasteiger partial charge in [-0.25, -0.2) is 0 Å². The van der Waals surface area contributed by atoms with Crippen LogP contribution in [0, 0.1) is 0 Å². The first kappa shape index (κ1) is 17.6. The van der Waals surface area contributed by atoms with Gasteiger partial charge in [0.25, 0.3) is 11.8 Å². The first-order valence-electron chi connectivity index (χ1n) is 8.44. The average Bonchev–Trinajstić information content (AvgIpc) is 2.89. The van der Waals surface area contributed by atoms with Gasteiger partial charge in [-0.1, -0.05) is 12.1 Å². The van der Waals surface area contributed by atoms with Crippen molar-refractivity contribution in [3.05, 3.63) is 53.9 Å². The summed E-state index contributed by atoms with van der Waals surface area (Å²) in [4.78, 5) is 41.7. The van der Waals surface area contributed by atoms with Crippen LogP contribution in [0.1, 0.15) is 40.6 Å². The Kier molecular flexibility index (Phi) is 5.26. The molecule has 7 nitrogen and oxygen atoms in total. The minimum Gasteiger partial charge on any atom is -0.492 e. The molecule has 2 aromatic rings. The van der Waals surface area contributed by atoms with Crippen molar-refractivity contribution in [1.82, 2.24) is 9.88 Å². The van der Waals surface area contributed by atoms with Crippen molar-refractivity contribution in [3.8, 4) is 5.75 Å². The standard InChI is InChI=1S/C19H19N3O4/c1-2-26-15-9-4-3-8-14(15)21-16(23)10-6-12-22-18(24)13-7-5-11-20-17(13)19(22)25/h3-5,7-9,11H,2,6,10,12H2,1H3,(H,21,23). The molecule has 26 heavy (non-hydrogen) atoms. The molecule has 1 N–H and O–H groups in total. The van der Waals surface area contributed by atoms with Crippen molar-refractivity contribution in [1.29, 1.82) is 0 Å². The van der Waals surface area contributed by atoms with Crippen LogP contribution in [0.2, 0.25) is 0 Å². The van der Waals surface area contributed by atoms with Crippen molar-refractivity contribution >= 4 is 23.4 Å². The van der Waals surface area contributed by atoms with E-state index in [1.807, 2.05) is 19.1 Å². The van der Waals surface area contributed by atoms with E-state index in [0.717, 1.165) is 4.90 Å². The van der Waals surface area contributed by atoms with E-state index in [4.69, 9.17) is 4.74 Å². The molecule has 0 radical (unpaired) electrons. The lowest BCUT2D eigenvalue weighted by Gasteiger charge is -2.14. The van der Waals surface area contributed by atoms with Crippen molar-refractivity contribution in [2.45, 2.75) is 19.8 Å². The fourth-order valence-corrected chi connectivity index (χ4v) is 2.78. The molecule has 3 amide bonds. The van der Waals surface area contributed by atoms with Crippen LogP contribution in [0.5, 0.6) is 5.75 Å². The van der Waals surface area contributed by atoms with Gasteiger partial charge in [-0.15, -0.1) is 0 Å². The van der Waals surface area contributed by atoms with Gasteiger partial charge in [0.15, 0.2) is 0 Å². The smallest absolute Gasteiger partial charge is 0.280 e. The molecule has 1 aromatic heterocycles. The number of carbonyl (C=O) groups is 3. The van der Waals surface area contributed by atoms with Crippen LogP contribution in [0.25, 0.3) is 0 Å². The number of pyridine rings is 1. The summed E-state index contributed by atoms with van der Waals surface area (Å²) in [5.74, 6) is -0.366. The number of aromatic nitrogens is 1. The minimum absolute atomic E-state index is 0.174. The third-order valence-corrected chi connectivity index (χ3v) is 3.98. The van der Waals surface area contributed by atoms with Crippen LogP contribution in [0.3, 0.4) is 0 Å². The maximum absolute atomic E-state index is 12.2. The van der Waals surface area contributed by atoms with E-state index in [0.29, 0.717) is 30.0 Å². The van der Waals surface area contributed by atoms with Gasteiger partial charge in [0.1, 0.15) is 11.4 Å². The number of rotatable bonds is 7. The molecule has 0 fully saturated rings. The zero-order valence-electron chi connectivity index (χ0n) is 14.4. The van der Waals surface area contributed by atoms with E-state index in [2.05, 4.69) is 10.3 Å². The van der Waals surface area contributed by atoms with Gasteiger partial charge in [-0.3, -0.25) is 24.3 Å². The second kappa shape index (κ2) is 7.77. The highest BCUT2D eigenvalue weighted by Gasteiger charge is 2.36. The number of carbonyl (C=O) groups excluding carboxylic acids is 3. The molecule has 1 aromatic carbocycles. The molecule has 7 heteroatoms. The van der Waals surface area contributed by atoms with Crippen LogP contribution in [0.15, 0.2) is 42.6 Å². The van der Waals surface area contributed by atoms with Crippen LogP contribution >= 0.6 is 0 Å². The lowest BCUT2D eigenvalue weighted by Crippen LogP contribution is -2.31. The number of hydrogen-bond acceptors (Lipinski definition) is 5. The number of ether oxygens (including phenoxy) is 1. The number of benzene rings is 1. The molecule has 134 valence electrons. The summed E-state index contributed by atoms with van der Waals surface area (Å²) < 4.78 is 5.47. The Morgan fingerprint density at radius 1 is 1.15 bits per heavy atom. The summed E-state index contributed by atoms with van der Waals surface area (Å²) in [5.41, 5.74) is 1.09. The minimum atomic E-state index is -0.410. The number of nitrogens with zero attached hydrogens (tertiary/aromatic N) is 2. The lowest BCUT2D eigenvalue weighted by molar-refractivity contribution is -0.116. The monoisotopic (exact) mass is 353 g/mol. The zero-order chi connectivity index (χ0) is 18.5. The van der Waals surface area contributed by atoms with Crippen LogP contribution in [-0.4, -0.2) is 40.8 Å². The second-order valence-corrected chi connectivity index (χ2v) is 5.74. The molecule has 0 bridgehead atoms. The number of anilines is 1. The van der Waals surface area contributed by atoms with E-state index in [1.165, 1.54) is 6.20 Å². The highest BCUT2D eigenvalue weighted by atomic mass is 16.5. The van der Waals surface area contributed by atoms with E-state index < -0.39 is 5.91 Å². The van der Waals surface area contributed by atoms with Gasteiger partial charge < -0.3 is 10.1 Å². The Morgan fingerprint density at radius 3 is 2.73 bits per heavy atom. The highest BCUT2D eigenvalue weighted by molar-refractivity contribution is 6.20. The Hall–Kier alpha value is -3.22. The number of fused-ring (bicyclic) bond motifs is 1. The van der Waals surface area contributed by atoms with Gasteiger partial charge in [-0.05, 0) is 37.6 Å². The zero-order valence-corrected chi connectivity index (χ0v) is 14.4. The van der Waals surface area contributed by atoms with Crippen molar-refractivity contribution in [3.63, 3.8) is 0 Å². The molecule has 2 heterocycles. The molecule has 1 aliphatic rings. The number of para-hydroxylation sites is 2. The SMILES string of the molecule is CCOc1ccccc1NC(=O)CCCN1C(=O)c2cccnc2C1=O. The molecule has 0 unspecified atom stereocenters. The normalized spacial score (nSPS) is 12.9. The number of hydrogen-bond donors (Lipinski definition) is 1. The largest absolute Gasteiger partial charge is 0.492 e. The maximum atomic E-state index is 12.2. The third-order valence-electron chi connectivity index (χ3n) is 3.98. The molecule has 0 saturated carbocycles. The molecule has 0 spiro atoms. The van der Waals surface area contributed by atoms with Crippen LogP contribution in [-0.2, 0) is 4.79 Å². The summed E-state index contributed by atoms with van der Waals surface area (Å²) in [7, 11) is 0. The van der Waals surface area contributed by atoms with Gasteiger partial charge in [0.05, 0.1) is 17.9 Å². The summed E-state index contributed by atoms with van der Waals surface area (Å²) in [6.07, 6.45) is 2.03. The summed E-state index contributed by atoms with van der Waals surface area (Å²) >= 11 is 0. The fourth-order valence-electron chi connectivity index (χ4n) is 2.78. The lowest BCUT2D eigenvalue weighted by atomic mass is 10.2. The quantitative estimate of drug-likeness (QED) is 0.773. The first-order chi connectivity index (χ1) is 12.6. The fraction of sp³-hybridized carbons (Fsp3) is 0.263. The molecule has 3 rings (SSSR count). The van der Waals surface area contributed by atoms with Crippen molar-refractivity contribution in [2.75, 3.05) is 18.5 Å². The molecule has 0 saturated heterocycles. The van der Waals surface area contributed by atoms with Gasteiger partial charge >= 0.3 is 0 Å². The Balaban J connectivity index is 1.54. The van der Waals surface area contributed by atoms with Gasteiger partial charge in [-0.2, -0.15) is 0 Å². The molecular weight excluding hydrogens is 334 g/mol. The summed E-state index contributed by atoms with van der Waals surface area (Å²) in [6, 6.07) is 10.4. The molecule has 0 aliphatic carbocycles. The van der Waals surface area contributed by atoms with E-state index in [-0.39, 0.29) is 30.5 Å². The average molecular weight is 353 g/mol. The summed E-state index contributed by atoms with van der Waals surface area (Å²) in [5, 5.41) is 2.80. The Bertz CT molecular complexity index is 815. The maximum Gasteiger partial charge on any atom is 0.280 e. The van der Waals surface area contributed by atoms with E-state index in [1.54, 1.807) is 24.3 Å². The van der Waals surface area contributed by atoms with Crippen LogP contribution < -0.4 is 10.1 Å². The predicted molar refractivity (Wildman–Crippen MR) is 95.1 cm³/mol. The van der Waals surface area contributed by atoms with Gasteiger partial charge in [0, 0.05) is 19.2 Å². The topological polar surface area (TPSA) is 88.6 Å². The molecular formula is C19H19N3O4. The highest BCUT2D eigenvalue weighted by Crippen LogP contribution is 2.24. The number of imide groups is 1. The third kappa shape index (κ3) is 3.56. The van der Waals surface area contributed by atoms with E-state index >= 15 is 0 Å². The van der Waals surface area contributed by atoms with Crippen molar-refractivity contribution < 1.29 is 19.1 Å². The van der Waals surface area contributed by atoms with Crippen molar-refractivity contribution in [2.24, 2.45) is 0 Å². The molecule has 1 aliphatic heterocycles. The molecule has 0 atom stereocenters. The second-order valence-electron chi connectivity index (χ2n) is 5.74.